The van der Waals surface area contributed by atoms with Crippen molar-refractivity contribution in [1.29, 1.82) is 0 Å². The Labute approximate surface area is 91.1 Å². The molecule has 0 heterocycles. The molecule has 0 unspecified atom stereocenters. The van der Waals surface area contributed by atoms with E-state index in [1.165, 1.54) is 6.42 Å². The largest absolute Gasteiger partial charge is 0.465 e. The van der Waals surface area contributed by atoms with Crippen molar-refractivity contribution in [1.82, 2.24) is 5.32 Å². The van der Waals surface area contributed by atoms with Gasteiger partial charge in [0.1, 0.15) is 5.78 Å². The molecule has 1 radical (unpaired) electrons. The molecule has 0 aromatic heterocycles. The van der Waals surface area contributed by atoms with Gasteiger partial charge < -0.3 is 10.4 Å². The average molecular weight is 214 g/mol. The number of carbonyl (C=O) groups excluding carboxylic acids is 1. The molecule has 0 aliphatic heterocycles. The zero-order valence-corrected chi connectivity index (χ0v) is 10.00. The molecule has 0 aromatic carbocycles. The van der Waals surface area contributed by atoms with Gasteiger partial charge in [-0.25, -0.2) is 4.79 Å². The van der Waals surface area contributed by atoms with Crippen molar-refractivity contribution < 1.29 is 14.7 Å². The second-order valence-electron chi connectivity index (χ2n) is 4.77. The molecule has 1 amide bonds. The number of ketones is 1. The number of Topliss-reactive ketones (excluding diaryl/α,β-unsaturated/α-hetero) is 1. The van der Waals surface area contributed by atoms with Gasteiger partial charge in [0.05, 0.1) is 0 Å². The Hall–Kier alpha value is -1.06. The van der Waals surface area contributed by atoms with Crippen LogP contribution in [-0.2, 0) is 4.79 Å². The number of rotatable bonds is 4. The topological polar surface area (TPSA) is 66.4 Å². The van der Waals surface area contributed by atoms with Crippen LogP contribution in [0.3, 0.4) is 0 Å². The lowest BCUT2D eigenvalue weighted by Crippen LogP contribution is -2.49. The first-order valence-corrected chi connectivity index (χ1v) is 5.02. The summed E-state index contributed by atoms with van der Waals surface area (Å²) in [5.74, 6) is -0.380. The first-order valence-electron chi connectivity index (χ1n) is 5.02. The van der Waals surface area contributed by atoms with E-state index in [9.17, 15) is 9.59 Å². The normalized spacial score (nSPS) is 15.5. The average Bonchev–Trinajstić information content (AvgIpc) is 2.09. The Morgan fingerprint density at radius 2 is 1.80 bits per heavy atom. The lowest BCUT2D eigenvalue weighted by Gasteiger charge is -2.34. The molecule has 2 N–H and O–H groups in total. The molecule has 0 aliphatic carbocycles. The third kappa shape index (κ3) is 4.32. The fourth-order valence-corrected chi connectivity index (χ4v) is 1.65. The van der Waals surface area contributed by atoms with Gasteiger partial charge in [0.15, 0.2) is 0 Å². The zero-order chi connectivity index (χ0) is 12.2. The lowest BCUT2D eigenvalue weighted by molar-refractivity contribution is -0.120. The number of nitrogens with one attached hydrogen (secondary N) is 1. The summed E-state index contributed by atoms with van der Waals surface area (Å²) < 4.78 is 0. The van der Waals surface area contributed by atoms with Gasteiger partial charge in [-0.1, -0.05) is 34.6 Å². The van der Waals surface area contributed by atoms with Gasteiger partial charge in [-0.2, -0.15) is 0 Å². The molecule has 0 fully saturated rings. The van der Waals surface area contributed by atoms with Crippen LogP contribution in [-0.4, -0.2) is 23.0 Å². The Balaban J connectivity index is 4.78. The molecule has 87 valence electrons. The van der Waals surface area contributed by atoms with E-state index in [-0.39, 0.29) is 23.2 Å². The Bertz CT molecular complexity index is 243. The SMILES string of the molecule is C[CH]C(=O)[C@@H](C)[C@H](NC(=O)O)C(C)(C)C. The molecule has 2 atom stereocenters. The minimum Gasteiger partial charge on any atom is -0.465 e. The van der Waals surface area contributed by atoms with Crippen LogP contribution < -0.4 is 5.32 Å². The monoisotopic (exact) mass is 214 g/mol. The van der Waals surface area contributed by atoms with Gasteiger partial charge in [0, 0.05) is 18.4 Å². The van der Waals surface area contributed by atoms with Crippen molar-refractivity contribution in [2.24, 2.45) is 11.3 Å². The molecule has 0 aliphatic rings. The molecule has 0 rings (SSSR count). The number of hydrogen-bond acceptors (Lipinski definition) is 2. The maximum atomic E-state index is 11.5. The second-order valence-corrected chi connectivity index (χ2v) is 4.77. The molecule has 0 spiro atoms. The van der Waals surface area contributed by atoms with Crippen LogP contribution >= 0.6 is 0 Å². The Morgan fingerprint density at radius 3 is 2.07 bits per heavy atom. The molecular formula is C11H20NO3. The maximum Gasteiger partial charge on any atom is 0.404 e. The minimum atomic E-state index is -1.09. The molecule has 15 heavy (non-hydrogen) atoms. The second kappa shape index (κ2) is 5.14. The van der Waals surface area contributed by atoms with Crippen LogP contribution in [0.2, 0.25) is 0 Å². The summed E-state index contributed by atoms with van der Waals surface area (Å²) in [5, 5.41) is 11.1. The van der Waals surface area contributed by atoms with Crippen LogP contribution in [0, 0.1) is 17.8 Å². The van der Waals surface area contributed by atoms with E-state index >= 15 is 0 Å². The fraction of sp³-hybridized carbons (Fsp3) is 0.727. The summed E-state index contributed by atoms with van der Waals surface area (Å²) in [6, 6.07) is -0.376. The third-order valence-electron chi connectivity index (χ3n) is 2.45. The van der Waals surface area contributed by atoms with Gasteiger partial charge >= 0.3 is 6.09 Å². The van der Waals surface area contributed by atoms with Crippen molar-refractivity contribution >= 4 is 11.9 Å². The van der Waals surface area contributed by atoms with Crippen LogP contribution in [0.4, 0.5) is 4.79 Å². The smallest absolute Gasteiger partial charge is 0.404 e. The van der Waals surface area contributed by atoms with E-state index in [2.05, 4.69) is 5.32 Å². The highest BCUT2D eigenvalue weighted by Gasteiger charge is 2.34. The summed E-state index contributed by atoms with van der Waals surface area (Å²) in [6.45, 7) is 9.14. The van der Waals surface area contributed by atoms with Crippen LogP contribution in [0.15, 0.2) is 0 Å². The van der Waals surface area contributed by atoms with Crippen molar-refractivity contribution in [3.8, 4) is 0 Å². The van der Waals surface area contributed by atoms with E-state index in [1.54, 1.807) is 13.8 Å². The molecule has 0 aromatic rings. The predicted molar refractivity (Wildman–Crippen MR) is 58.5 cm³/mol. The van der Waals surface area contributed by atoms with Crippen molar-refractivity contribution in [2.75, 3.05) is 0 Å². The van der Waals surface area contributed by atoms with Crippen LogP contribution in [0.25, 0.3) is 0 Å². The molecule has 4 heteroatoms. The van der Waals surface area contributed by atoms with E-state index in [4.69, 9.17) is 5.11 Å². The number of hydrogen-bond donors (Lipinski definition) is 2. The van der Waals surface area contributed by atoms with E-state index in [1.807, 2.05) is 20.8 Å². The van der Waals surface area contributed by atoms with Gasteiger partial charge in [-0.15, -0.1) is 0 Å². The molecule has 0 saturated heterocycles. The third-order valence-corrected chi connectivity index (χ3v) is 2.45. The zero-order valence-electron chi connectivity index (χ0n) is 10.00. The maximum absolute atomic E-state index is 11.5. The van der Waals surface area contributed by atoms with Gasteiger partial charge in [0.25, 0.3) is 0 Å². The summed E-state index contributed by atoms with van der Waals surface area (Å²) in [5.41, 5.74) is -0.281. The van der Waals surface area contributed by atoms with Gasteiger partial charge in [-0.05, 0) is 5.41 Å². The minimum absolute atomic E-state index is 0.0383. The van der Waals surface area contributed by atoms with Crippen LogP contribution in [0.1, 0.15) is 34.6 Å². The standard InChI is InChI=1S/C11H20NO3/c1-6-8(13)7(2)9(11(3,4)5)12-10(14)15/h6-7,9,12H,1-5H3,(H,14,15)/t7-,9+/m1/s1. The van der Waals surface area contributed by atoms with E-state index in [0.29, 0.717) is 0 Å². The molecule has 4 nitrogen and oxygen atoms in total. The number of carbonyl (C=O) groups is 2. The molecular weight excluding hydrogens is 194 g/mol. The Kier molecular flexibility index (Phi) is 4.78. The molecule has 0 bridgehead atoms. The van der Waals surface area contributed by atoms with Crippen molar-refractivity contribution in [2.45, 2.75) is 40.7 Å². The number of carboxylic acid groups (broad SMARTS) is 1. The van der Waals surface area contributed by atoms with E-state index < -0.39 is 6.09 Å². The summed E-state index contributed by atoms with van der Waals surface area (Å²) >= 11 is 0. The highest BCUT2D eigenvalue weighted by Crippen LogP contribution is 2.26. The molecule has 0 saturated carbocycles. The van der Waals surface area contributed by atoms with Crippen molar-refractivity contribution in [3.05, 3.63) is 6.42 Å². The highest BCUT2D eigenvalue weighted by atomic mass is 16.4. The summed E-state index contributed by atoms with van der Waals surface area (Å²) in [6.07, 6.45) is 0.387. The van der Waals surface area contributed by atoms with Gasteiger partial charge in [0.2, 0.25) is 0 Å². The fourth-order valence-electron chi connectivity index (χ4n) is 1.65. The highest BCUT2D eigenvalue weighted by molar-refractivity contribution is 5.89. The first-order chi connectivity index (χ1) is 6.70. The summed E-state index contributed by atoms with van der Waals surface area (Å²) in [4.78, 5) is 22.1. The van der Waals surface area contributed by atoms with Crippen molar-refractivity contribution in [3.63, 3.8) is 0 Å². The first kappa shape index (κ1) is 13.9. The van der Waals surface area contributed by atoms with Gasteiger partial charge in [-0.3, -0.25) is 4.79 Å². The number of amides is 1. The van der Waals surface area contributed by atoms with E-state index in [0.717, 1.165) is 0 Å². The predicted octanol–water partition coefficient (Wildman–Crippen LogP) is 2.10. The lowest BCUT2D eigenvalue weighted by atomic mass is 9.77. The quantitative estimate of drug-likeness (QED) is 0.753. The Morgan fingerprint density at radius 1 is 1.33 bits per heavy atom. The summed E-state index contributed by atoms with van der Waals surface area (Å²) in [7, 11) is 0. The van der Waals surface area contributed by atoms with Crippen LogP contribution in [0.5, 0.6) is 0 Å².